The van der Waals surface area contributed by atoms with Gasteiger partial charge >= 0.3 is 0 Å². The number of likely N-dealkylation sites (tertiary alicyclic amines) is 1. The number of hydrogen-bond donors (Lipinski definition) is 1. The van der Waals surface area contributed by atoms with Gasteiger partial charge in [-0.3, -0.25) is 14.8 Å². The molecular formula is C25H22N6O. The predicted octanol–water partition coefficient (Wildman–Crippen LogP) is 4.31. The molecule has 7 heteroatoms. The number of carbonyl (C=O) groups excluding carboxylic acids is 1. The zero-order valence-electron chi connectivity index (χ0n) is 17.4. The van der Waals surface area contributed by atoms with Crippen molar-refractivity contribution in [3.8, 4) is 11.3 Å². The molecule has 1 amide bonds. The molecule has 1 aliphatic heterocycles. The van der Waals surface area contributed by atoms with Crippen LogP contribution in [-0.2, 0) is 0 Å². The molecule has 0 spiro atoms. The van der Waals surface area contributed by atoms with Crippen molar-refractivity contribution in [2.45, 2.75) is 12.3 Å². The van der Waals surface area contributed by atoms with Crippen LogP contribution in [0.2, 0.25) is 0 Å². The van der Waals surface area contributed by atoms with Crippen molar-refractivity contribution < 1.29 is 4.79 Å². The lowest BCUT2D eigenvalue weighted by Crippen LogP contribution is -2.28. The molecule has 1 atom stereocenters. The Hall–Kier alpha value is -4.13. The Bertz CT molecular complexity index is 1200. The summed E-state index contributed by atoms with van der Waals surface area (Å²) in [7, 11) is 0. The van der Waals surface area contributed by atoms with E-state index in [0.29, 0.717) is 18.7 Å². The molecule has 5 rings (SSSR count). The average molecular weight is 422 g/mol. The Labute approximate surface area is 186 Å². The summed E-state index contributed by atoms with van der Waals surface area (Å²) < 4.78 is 0. The van der Waals surface area contributed by atoms with Gasteiger partial charge in [0.05, 0.1) is 11.3 Å². The van der Waals surface area contributed by atoms with E-state index in [1.165, 1.54) is 0 Å². The van der Waals surface area contributed by atoms with Crippen LogP contribution in [0.4, 0.5) is 11.5 Å². The van der Waals surface area contributed by atoms with Gasteiger partial charge in [0.2, 0.25) is 0 Å². The number of amides is 1. The van der Waals surface area contributed by atoms with Gasteiger partial charge in [0, 0.05) is 61.1 Å². The summed E-state index contributed by atoms with van der Waals surface area (Å²) in [6.45, 7) is 1.25. The first-order valence-electron chi connectivity index (χ1n) is 10.6. The van der Waals surface area contributed by atoms with Crippen LogP contribution < -0.4 is 5.32 Å². The van der Waals surface area contributed by atoms with Crippen LogP contribution in [0.5, 0.6) is 0 Å². The zero-order valence-corrected chi connectivity index (χ0v) is 17.4. The molecule has 1 aromatic carbocycles. The van der Waals surface area contributed by atoms with Gasteiger partial charge in [-0.1, -0.05) is 18.2 Å². The fourth-order valence-electron chi connectivity index (χ4n) is 3.87. The largest absolute Gasteiger partial charge is 0.340 e. The Kier molecular flexibility index (Phi) is 5.53. The highest BCUT2D eigenvalue weighted by Gasteiger charge is 2.30. The lowest BCUT2D eigenvalue weighted by Gasteiger charge is -2.17. The van der Waals surface area contributed by atoms with Gasteiger partial charge in [-0.25, -0.2) is 9.97 Å². The maximum Gasteiger partial charge on any atom is 0.255 e. The average Bonchev–Trinajstić information content (AvgIpc) is 3.36. The Morgan fingerprint density at radius 2 is 1.75 bits per heavy atom. The van der Waals surface area contributed by atoms with E-state index >= 15 is 0 Å². The van der Waals surface area contributed by atoms with Gasteiger partial charge < -0.3 is 10.2 Å². The lowest BCUT2D eigenvalue weighted by atomic mass is 10.1. The van der Waals surface area contributed by atoms with Gasteiger partial charge in [-0.15, -0.1) is 0 Å². The molecule has 0 radical (unpaired) electrons. The van der Waals surface area contributed by atoms with Crippen molar-refractivity contribution >= 4 is 17.4 Å². The Morgan fingerprint density at radius 1 is 0.938 bits per heavy atom. The van der Waals surface area contributed by atoms with Crippen molar-refractivity contribution in [1.82, 2.24) is 24.8 Å². The quantitative estimate of drug-likeness (QED) is 0.516. The van der Waals surface area contributed by atoms with E-state index in [9.17, 15) is 4.79 Å². The third-order valence-electron chi connectivity index (χ3n) is 5.50. The summed E-state index contributed by atoms with van der Waals surface area (Å²) in [5.41, 5.74) is 3.28. The van der Waals surface area contributed by atoms with E-state index in [4.69, 9.17) is 9.97 Å². The van der Waals surface area contributed by atoms with Crippen LogP contribution in [0.1, 0.15) is 28.5 Å². The van der Waals surface area contributed by atoms with E-state index in [2.05, 4.69) is 15.3 Å². The van der Waals surface area contributed by atoms with E-state index in [0.717, 1.165) is 35.0 Å². The molecule has 158 valence electrons. The predicted molar refractivity (Wildman–Crippen MR) is 122 cm³/mol. The van der Waals surface area contributed by atoms with Crippen molar-refractivity contribution in [3.05, 3.63) is 96.8 Å². The molecule has 1 aliphatic rings. The van der Waals surface area contributed by atoms with Gasteiger partial charge in [-0.05, 0) is 42.8 Å². The summed E-state index contributed by atoms with van der Waals surface area (Å²) in [5.74, 6) is 1.50. The Morgan fingerprint density at radius 3 is 2.50 bits per heavy atom. The zero-order chi connectivity index (χ0) is 21.8. The van der Waals surface area contributed by atoms with Crippen LogP contribution in [-0.4, -0.2) is 43.8 Å². The molecule has 4 heterocycles. The fourth-order valence-corrected chi connectivity index (χ4v) is 3.87. The molecule has 0 aliphatic carbocycles. The molecule has 0 unspecified atom stereocenters. The number of nitrogens with one attached hydrogen (secondary N) is 1. The monoisotopic (exact) mass is 422 g/mol. The van der Waals surface area contributed by atoms with Gasteiger partial charge in [0.1, 0.15) is 11.6 Å². The van der Waals surface area contributed by atoms with Crippen LogP contribution in [0, 0.1) is 0 Å². The summed E-state index contributed by atoms with van der Waals surface area (Å²) in [5, 5.41) is 3.38. The summed E-state index contributed by atoms with van der Waals surface area (Å²) in [6, 6.07) is 19.3. The number of nitrogens with zero attached hydrogens (tertiary/aromatic N) is 5. The summed E-state index contributed by atoms with van der Waals surface area (Å²) in [4.78, 5) is 32.7. The number of carbonyl (C=O) groups is 1. The van der Waals surface area contributed by atoms with E-state index in [-0.39, 0.29) is 11.8 Å². The molecule has 32 heavy (non-hydrogen) atoms. The standard InChI is InChI=1S/C25H22N6O/c32-25(19-7-5-12-27-16-19)31-13-10-20(17-31)24-29-22(18-6-4-11-26-15-18)14-23(30-24)28-21-8-2-1-3-9-21/h1-9,11-12,14-16,20H,10,13,17H2,(H,28,29,30)/t20-/m1/s1. The van der Waals surface area contributed by atoms with Crippen LogP contribution in [0.25, 0.3) is 11.3 Å². The number of rotatable bonds is 5. The highest BCUT2D eigenvalue weighted by molar-refractivity contribution is 5.94. The van der Waals surface area contributed by atoms with Crippen molar-refractivity contribution in [2.24, 2.45) is 0 Å². The SMILES string of the molecule is O=C(c1cccnc1)N1CC[C@@H](c2nc(Nc3ccccc3)cc(-c3cccnc3)n2)C1. The molecular weight excluding hydrogens is 400 g/mol. The first-order chi connectivity index (χ1) is 15.8. The molecule has 1 saturated heterocycles. The minimum atomic E-state index is -0.00773. The molecule has 0 saturated carbocycles. The highest BCUT2D eigenvalue weighted by Crippen LogP contribution is 2.30. The molecule has 3 aromatic heterocycles. The van der Waals surface area contributed by atoms with Crippen LogP contribution >= 0.6 is 0 Å². The molecule has 0 bridgehead atoms. The second-order valence-corrected chi connectivity index (χ2v) is 7.71. The van der Waals surface area contributed by atoms with E-state index < -0.39 is 0 Å². The third-order valence-corrected chi connectivity index (χ3v) is 5.50. The maximum absolute atomic E-state index is 12.8. The first-order valence-corrected chi connectivity index (χ1v) is 10.6. The summed E-state index contributed by atoms with van der Waals surface area (Å²) >= 11 is 0. The van der Waals surface area contributed by atoms with E-state index in [1.807, 2.05) is 53.4 Å². The van der Waals surface area contributed by atoms with Crippen LogP contribution in [0.3, 0.4) is 0 Å². The normalized spacial score (nSPS) is 15.5. The second-order valence-electron chi connectivity index (χ2n) is 7.71. The molecule has 1 fully saturated rings. The molecule has 4 aromatic rings. The number of anilines is 2. The van der Waals surface area contributed by atoms with Crippen molar-refractivity contribution in [3.63, 3.8) is 0 Å². The van der Waals surface area contributed by atoms with Crippen molar-refractivity contribution in [2.75, 3.05) is 18.4 Å². The number of hydrogen-bond acceptors (Lipinski definition) is 6. The third kappa shape index (κ3) is 4.32. The van der Waals surface area contributed by atoms with Crippen molar-refractivity contribution in [1.29, 1.82) is 0 Å². The van der Waals surface area contributed by atoms with Gasteiger partial charge in [0.15, 0.2) is 0 Å². The number of aromatic nitrogens is 4. The first kappa shape index (κ1) is 19.8. The summed E-state index contributed by atoms with van der Waals surface area (Å²) in [6.07, 6.45) is 7.63. The number of pyridine rings is 2. The minimum absolute atomic E-state index is 0.00773. The van der Waals surface area contributed by atoms with Gasteiger partial charge in [-0.2, -0.15) is 0 Å². The smallest absolute Gasteiger partial charge is 0.255 e. The topological polar surface area (TPSA) is 83.9 Å². The van der Waals surface area contributed by atoms with Crippen LogP contribution in [0.15, 0.2) is 85.5 Å². The highest BCUT2D eigenvalue weighted by atomic mass is 16.2. The minimum Gasteiger partial charge on any atom is -0.340 e. The lowest BCUT2D eigenvalue weighted by molar-refractivity contribution is 0.0790. The maximum atomic E-state index is 12.8. The fraction of sp³-hybridized carbons (Fsp3) is 0.160. The van der Waals surface area contributed by atoms with Gasteiger partial charge in [0.25, 0.3) is 5.91 Å². The van der Waals surface area contributed by atoms with E-state index in [1.54, 1.807) is 36.9 Å². The molecule has 1 N–H and O–H groups in total. The second kappa shape index (κ2) is 8.93. The number of benzene rings is 1. The Balaban J connectivity index is 1.44. The number of para-hydroxylation sites is 1. The molecule has 7 nitrogen and oxygen atoms in total.